The minimum absolute atomic E-state index is 0.0319. The molecule has 7 nitrogen and oxygen atoms in total. The first-order chi connectivity index (χ1) is 15.8. The second-order valence-electron chi connectivity index (χ2n) is 9.14. The van der Waals surface area contributed by atoms with E-state index >= 15 is 0 Å². The van der Waals surface area contributed by atoms with Gasteiger partial charge < -0.3 is 14.7 Å². The van der Waals surface area contributed by atoms with Gasteiger partial charge in [-0.1, -0.05) is 38.7 Å². The van der Waals surface area contributed by atoms with Gasteiger partial charge in [0, 0.05) is 49.4 Å². The van der Waals surface area contributed by atoms with E-state index in [-0.39, 0.29) is 36.5 Å². The highest BCUT2D eigenvalue weighted by Gasteiger charge is 2.34. The van der Waals surface area contributed by atoms with Crippen LogP contribution in [0.4, 0.5) is 0 Å². The van der Waals surface area contributed by atoms with Gasteiger partial charge in [-0.05, 0) is 32.2 Å². The van der Waals surface area contributed by atoms with Crippen LogP contribution in [0.1, 0.15) is 49.3 Å². The average Bonchev–Trinajstić information content (AvgIpc) is 2.80. The molecule has 2 aromatic heterocycles. The van der Waals surface area contributed by atoms with Crippen molar-refractivity contribution >= 4 is 5.91 Å². The highest BCUT2D eigenvalue weighted by Crippen LogP contribution is 2.27. The summed E-state index contributed by atoms with van der Waals surface area (Å²) >= 11 is 0. The molecular formula is C26H34N4O3. The molecule has 1 amide bonds. The summed E-state index contributed by atoms with van der Waals surface area (Å²) in [5, 5.41) is 9.80. The van der Waals surface area contributed by atoms with Gasteiger partial charge in [-0.2, -0.15) is 0 Å². The minimum atomic E-state index is -0.316. The van der Waals surface area contributed by atoms with E-state index in [0.29, 0.717) is 36.6 Å². The quantitative estimate of drug-likeness (QED) is 0.682. The molecule has 0 radical (unpaired) electrons. The van der Waals surface area contributed by atoms with Crippen molar-refractivity contribution in [2.45, 2.75) is 46.4 Å². The number of pyridine rings is 2. The number of carbonyl (C=O) groups is 1. The highest BCUT2D eigenvalue weighted by atomic mass is 16.5. The molecule has 1 aliphatic rings. The van der Waals surface area contributed by atoms with Crippen LogP contribution < -0.4 is 4.74 Å². The topological polar surface area (TPSA) is 78.8 Å². The molecular weight excluding hydrogens is 416 g/mol. The third-order valence-electron chi connectivity index (χ3n) is 5.68. The third-order valence-corrected chi connectivity index (χ3v) is 5.68. The van der Waals surface area contributed by atoms with Gasteiger partial charge >= 0.3 is 0 Å². The monoisotopic (exact) mass is 450 g/mol. The number of carbonyl (C=O) groups excluding carboxylic acids is 1. The molecule has 0 aliphatic carbocycles. The van der Waals surface area contributed by atoms with Crippen LogP contribution in [-0.2, 0) is 6.54 Å². The number of aliphatic hydroxyl groups is 1. The molecule has 176 valence electrons. The number of rotatable bonds is 6. The Morgan fingerprint density at radius 2 is 2.09 bits per heavy atom. The Bertz CT molecular complexity index is 1000. The lowest BCUT2D eigenvalue weighted by Gasteiger charge is -2.37. The van der Waals surface area contributed by atoms with Gasteiger partial charge in [0.1, 0.15) is 11.7 Å². The van der Waals surface area contributed by atoms with E-state index in [1.54, 1.807) is 23.4 Å². The average molecular weight is 451 g/mol. The van der Waals surface area contributed by atoms with Crippen molar-refractivity contribution in [2.75, 3.05) is 26.7 Å². The Balaban J connectivity index is 1.91. The number of ether oxygens (including phenoxy) is 1. The normalized spacial score (nSPS) is 19.3. The zero-order chi connectivity index (χ0) is 24.0. The van der Waals surface area contributed by atoms with E-state index in [1.807, 2.05) is 46.0 Å². The van der Waals surface area contributed by atoms with Gasteiger partial charge in [-0.25, -0.2) is 4.98 Å². The van der Waals surface area contributed by atoms with Crippen LogP contribution >= 0.6 is 0 Å². The Labute approximate surface area is 196 Å². The maximum Gasteiger partial charge on any atom is 0.259 e. The van der Waals surface area contributed by atoms with Gasteiger partial charge in [-0.3, -0.25) is 14.7 Å². The Hall–Kier alpha value is -2.95. The van der Waals surface area contributed by atoms with Crippen LogP contribution in [-0.4, -0.2) is 69.7 Å². The van der Waals surface area contributed by atoms with Crippen LogP contribution in [0.2, 0.25) is 0 Å². The number of aliphatic hydroxyl groups excluding tert-OH is 1. The van der Waals surface area contributed by atoms with Crippen molar-refractivity contribution < 1.29 is 14.6 Å². The van der Waals surface area contributed by atoms with Crippen LogP contribution in [0, 0.1) is 23.7 Å². The molecule has 3 atom stereocenters. The second kappa shape index (κ2) is 11.3. The summed E-state index contributed by atoms with van der Waals surface area (Å²) in [6, 6.07) is 7.31. The fourth-order valence-corrected chi connectivity index (χ4v) is 3.76. The number of hydrogen-bond donors (Lipinski definition) is 1. The number of nitrogens with zero attached hydrogens (tertiary/aromatic N) is 4. The zero-order valence-corrected chi connectivity index (χ0v) is 20.2. The lowest BCUT2D eigenvalue weighted by molar-refractivity contribution is 0.0324. The van der Waals surface area contributed by atoms with Crippen LogP contribution in [0.5, 0.6) is 5.88 Å². The van der Waals surface area contributed by atoms with E-state index in [4.69, 9.17) is 4.74 Å². The van der Waals surface area contributed by atoms with Gasteiger partial charge in [0.2, 0.25) is 5.88 Å². The number of aromatic nitrogens is 2. The first-order valence-electron chi connectivity index (χ1n) is 11.5. The molecule has 7 heteroatoms. The minimum Gasteiger partial charge on any atom is -0.472 e. The summed E-state index contributed by atoms with van der Waals surface area (Å²) in [5.41, 5.74) is 2.04. The highest BCUT2D eigenvalue weighted by molar-refractivity contribution is 5.97. The Kier molecular flexibility index (Phi) is 8.43. The smallest absolute Gasteiger partial charge is 0.259 e. The van der Waals surface area contributed by atoms with E-state index in [9.17, 15) is 9.90 Å². The van der Waals surface area contributed by atoms with Crippen molar-refractivity contribution in [1.82, 2.24) is 19.8 Å². The Morgan fingerprint density at radius 3 is 2.76 bits per heavy atom. The maximum absolute atomic E-state index is 13.4. The number of hydrogen-bond acceptors (Lipinski definition) is 6. The Morgan fingerprint density at radius 1 is 1.30 bits per heavy atom. The summed E-state index contributed by atoms with van der Waals surface area (Å²) in [6.07, 6.45) is 3.25. The maximum atomic E-state index is 13.4. The fourth-order valence-electron chi connectivity index (χ4n) is 3.76. The van der Waals surface area contributed by atoms with Gasteiger partial charge in [0.15, 0.2) is 0 Å². The van der Waals surface area contributed by atoms with E-state index in [0.717, 1.165) is 5.69 Å². The van der Waals surface area contributed by atoms with Crippen molar-refractivity contribution in [3.05, 3.63) is 53.5 Å². The lowest BCUT2D eigenvalue weighted by atomic mass is 9.99. The van der Waals surface area contributed by atoms with Crippen molar-refractivity contribution in [1.29, 1.82) is 0 Å². The molecule has 1 aliphatic heterocycles. The molecule has 3 rings (SSSR count). The molecule has 0 fully saturated rings. The fraction of sp³-hybridized carbons (Fsp3) is 0.500. The molecule has 0 saturated carbocycles. The molecule has 1 N–H and O–H groups in total. The third kappa shape index (κ3) is 6.53. The van der Waals surface area contributed by atoms with Crippen LogP contribution in [0.3, 0.4) is 0 Å². The summed E-state index contributed by atoms with van der Waals surface area (Å²) in [5.74, 6) is 6.56. The molecule has 0 saturated heterocycles. The standard InChI is InChI=1S/C26H34N4O3/c1-18(2)9-10-21-12-23-25(28-13-21)33-24(16-29(5)15-22-8-6-7-11-27-22)19(3)14-30(26(23)32)20(4)17-31/h6-8,11-13,18-20,24,31H,14-17H2,1-5H3/t19-,20-,24+/m1/s1. The molecule has 0 unspecified atom stereocenters. The number of amides is 1. The molecule has 0 aromatic carbocycles. The summed E-state index contributed by atoms with van der Waals surface area (Å²) in [7, 11) is 2.03. The first kappa shape index (κ1) is 24.7. The first-order valence-corrected chi connectivity index (χ1v) is 11.5. The summed E-state index contributed by atoms with van der Waals surface area (Å²) in [6.45, 7) is 9.64. The lowest BCUT2D eigenvalue weighted by Crippen LogP contribution is -2.49. The van der Waals surface area contributed by atoms with Crippen LogP contribution in [0.15, 0.2) is 36.7 Å². The summed E-state index contributed by atoms with van der Waals surface area (Å²) in [4.78, 5) is 26.2. The van der Waals surface area contributed by atoms with Crippen molar-refractivity contribution in [3.8, 4) is 17.7 Å². The van der Waals surface area contributed by atoms with Crippen molar-refractivity contribution in [2.24, 2.45) is 11.8 Å². The van der Waals surface area contributed by atoms with Gasteiger partial charge in [0.05, 0.1) is 18.3 Å². The summed E-state index contributed by atoms with van der Waals surface area (Å²) < 4.78 is 6.34. The molecule has 0 bridgehead atoms. The molecule has 3 heterocycles. The second-order valence-corrected chi connectivity index (χ2v) is 9.14. The zero-order valence-electron chi connectivity index (χ0n) is 20.2. The van der Waals surface area contributed by atoms with Crippen molar-refractivity contribution in [3.63, 3.8) is 0 Å². The van der Waals surface area contributed by atoms with Gasteiger partial charge in [0.25, 0.3) is 5.91 Å². The number of fused-ring (bicyclic) bond motifs is 1. The number of likely N-dealkylation sites (N-methyl/N-ethyl adjacent to an activating group) is 1. The van der Waals surface area contributed by atoms with E-state index in [1.165, 1.54) is 0 Å². The predicted molar refractivity (Wildman–Crippen MR) is 128 cm³/mol. The molecule has 0 spiro atoms. The molecule has 2 aromatic rings. The van der Waals surface area contributed by atoms with E-state index in [2.05, 4.69) is 33.6 Å². The van der Waals surface area contributed by atoms with Gasteiger partial charge in [-0.15, -0.1) is 0 Å². The largest absolute Gasteiger partial charge is 0.472 e. The molecule has 33 heavy (non-hydrogen) atoms. The van der Waals surface area contributed by atoms with E-state index < -0.39 is 0 Å². The van der Waals surface area contributed by atoms with Crippen LogP contribution in [0.25, 0.3) is 0 Å². The SMILES string of the molecule is CC(C)C#Cc1cnc2c(c1)C(=O)N([C@H](C)CO)C[C@@H](C)[C@H](CN(C)Cc1ccccn1)O2. The predicted octanol–water partition coefficient (Wildman–Crippen LogP) is 2.84.